The quantitative estimate of drug-likeness (QED) is 0.121. The summed E-state index contributed by atoms with van der Waals surface area (Å²) < 4.78 is 56.6. The van der Waals surface area contributed by atoms with Crippen LogP contribution >= 0.6 is 0 Å². The Morgan fingerprint density at radius 2 is 1.56 bits per heavy atom. The van der Waals surface area contributed by atoms with Crippen molar-refractivity contribution in [3.05, 3.63) is 41.7 Å². The summed E-state index contributed by atoms with van der Waals surface area (Å²) in [6, 6.07) is 7.14. The summed E-state index contributed by atoms with van der Waals surface area (Å²) in [6.07, 6.45) is 14.4. The highest BCUT2D eigenvalue weighted by molar-refractivity contribution is 6.58. The molecule has 1 aliphatic heterocycles. The normalized spacial score (nSPS) is 25.2. The standard InChI is InChI=1S/C28H42F4OSi/c1-2-3-6-15-34-16-13-24(14-17-34)23-11-9-21(10-12-23)7-4-5-8-22-18-25(29)28(26(30)19-22)33-20-27(31)32/h18-21,23-24,34H,2-17H2,1H3/t21-,23-,24-,34-. The van der Waals surface area contributed by atoms with E-state index < -0.39 is 32.3 Å². The van der Waals surface area contributed by atoms with E-state index >= 15 is 0 Å². The fourth-order valence-electron chi connectivity index (χ4n) is 6.31. The largest absolute Gasteiger partial charge is 0.453 e. The average molecular weight is 499 g/mol. The topological polar surface area (TPSA) is 9.23 Å². The minimum atomic E-state index is -2.14. The predicted octanol–water partition coefficient (Wildman–Crippen LogP) is 9.43. The zero-order valence-electron chi connectivity index (χ0n) is 20.8. The van der Waals surface area contributed by atoms with Gasteiger partial charge in [-0.3, -0.25) is 0 Å². The van der Waals surface area contributed by atoms with Crippen LogP contribution in [-0.2, 0) is 6.42 Å². The highest BCUT2D eigenvalue weighted by Gasteiger charge is 2.30. The molecule has 0 spiro atoms. The van der Waals surface area contributed by atoms with Gasteiger partial charge in [-0.1, -0.05) is 82.8 Å². The fourth-order valence-corrected chi connectivity index (χ4v) is 9.85. The van der Waals surface area contributed by atoms with Gasteiger partial charge in [0, 0.05) is 8.80 Å². The molecule has 2 fully saturated rings. The predicted molar refractivity (Wildman–Crippen MR) is 134 cm³/mol. The maximum Gasteiger partial charge on any atom is 0.305 e. The molecule has 0 radical (unpaired) electrons. The van der Waals surface area contributed by atoms with Crippen LogP contribution in [0.1, 0.15) is 89.5 Å². The molecule has 0 N–H and O–H groups in total. The lowest BCUT2D eigenvalue weighted by atomic mass is 9.73. The first-order chi connectivity index (χ1) is 16.5. The highest BCUT2D eigenvalue weighted by atomic mass is 28.3. The Morgan fingerprint density at radius 1 is 0.912 bits per heavy atom. The van der Waals surface area contributed by atoms with Gasteiger partial charge in [0.25, 0.3) is 0 Å². The Hall–Kier alpha value is -1.30. The molecule has 2 aliphatic rings. The zero-order valence-corrected chi connectivity index (χ0v) is 21.9. The van der Waals surface area contributed by atoms with Crippen molar-refractivity contribution in [2.75, 3.05) is 0 Å². The Morgan fingerprint density at radius 3 is 2.18 bits per heavy atom. The lowest BCUT2D eigenvalue weighted by Gasteiger charge is -2.37. The van der Waals surface area contributed by atoms with Crippen molar-refractivity contribution in [2.45, 2.75) is 109 Å². The maximum absolute atomic E-state index is 14.0. The van der Waals surface area contributed by atoms with Crippen LogP contribution < -0.4 is 4.74 Å². The SMILES string of the molecule is CCCCC[Si@H]1CC[C@H]([C@H]2CC[C@H](CCCCc3cc(F)c(OC=C(F)F)c(F)c3)CC2)CC1. The smallest absolute Gasteiger partial charge is 0.305 e. The summed E-state index contributed by atoms with van der Waals surface area (Å²) in [5.41, 5.74) is 0.546. The Balaban J connectivity index is 1.31. The lowest BCUT2D eigenvalue weighted by Crippen LogP contribution is -2.28. The van der Waals surface area contributed by atoms with Gasteiger partial charge in [0.2, 0.25) is 0 Å². The number of ether oxygens (including phenoxy) is 1. The molecule has 0 bridgehead atoms. The van der Waals surface area contributed by atoms with E-state index in [0.717, 1.165) is 30.6 Å². The molecule has 192 valence electrons. The molecule has 1 aliphatic carbocycles. The fraction of sp³-hybridized carbons (Fsp3) is 0.714. The number of hydrogen-bond acceptors (Lipinski definition) is 1. The van der Waals surface area contributed by atoms with Crippen LogP contribution in [0, 0.1) is 29.4 Å². The summed E-state index contributed by atoms with van der Waals surface area (Å²) in [5, 5.41) is 0. The molecule has 1 nitrogen and oxygen atoms in total. The molecule has 0 unspecified atom stereocenters. The minimum absolute atomic E-state index is 0.0528. The van der Waals surface area contributed by atoms with Crippen LogP contribution in [0.2, 0.25) is 18.1 Å². The first kappa shape index (κ1) is 27.3. The third-order valence-electron chi connectivity index (χ3n) is 8.32. The van der Waals surface area contributed by atoms with E-state index in [1.54, 1.807) is 18.1 Å². The van der Waals surface area contributed by atoms with Crippen LogP contribution in [0.25, 0.3) is 0 Å². The number of halogens is 4. The maximum atomic E-state index is 14.0. The molecule has 34 heavy (non-hydrogen) atoms. The number of hydrogen-bond donors (Lipinski definition) is 0. The second kappa shape index (κ2) is 14.3. The van der Waals surface area contributed by atoms with Crippen LogP contribution in [0.3, 0.4) is 0 Å². The Bertz CT molecular complexity index is 741. The molecule has 1 aromatic carbocycles. The average Bonchev–Trinajstić information content (AvgIpc) is 2.82. The van der Waals surface area contributed by atoms with Gasteiger partial charge in [-0.25, -0.2) is 8.78 Å². The second-order valence-corrected chi connectivity index (χ2v) is 14.2. The van der Waals surface area contributed by atoms with Crippen molar-refractivity contribution in [3.8, 4) is 5.75 Å². The van der Waals surface area contributed by atoms with Gasteiger partial charge >= 0.3 is 6.08 Å². The van der Waals surface area contributed by atoms with Gasteiger partial charge in [0.15, 0.2) is 23.6 Å². The summed E-state index contributed by atoms with van der Waals surface area (Å²) in [4.78, 5) is 0. The molecule has 0 atom stereocenters. The van der Waals surface area contributed by atoms with Crippen molar-refractivity contribution >= 4 is 8.80 Å². The Labute approximate surface area is 205 Å². The van der Waals surface area contributed by atoms with E-state index in [1.165, 1.54) is 76.3 Å². The molecule has 0 aromatic heterocycles. The van der Waals surface area contributed by atoms with Crippen molar-refractivity contribution in [2.24, 2.45) is 17.8 Å². The summed E-state index contributed by atoms with van der Waals surface area (Å²) >= 11 is 0. The van der Waals surface area contributed by atoms with Crippen LogP contribution in [0.5, 0.6) is 5.75 Å². The monoisotopic (exact) mass is 498 g/mol. The number of unbranched alkanes of at least 4 members (excludes halogenated alkanes) is 3. The zero-order chi connectivity index (χ0) is 24.3. The van der Waals surface area contributed by atoms with Crippen LogP contribution in [0.4, 0.5) is 17.6 Å². The molecule has 3 rings (SSSR count). The van der Waals surface area contributed by atoms with Crippen molar-refractivity contribution in [1.29, 1.82) is 0 Å². The third-order valence-corrected chi connectivity index (χ3v) is 11.8. The molecule has 1 heterocycles. The lowest BCUT2D eigenvalue weighted by molar-refractivity contribution is 0.184. The number of rotatable bonds is 12. The van der Waals surface area contributed by atoms with Crippen LogP contribution in [0.15, 0.2) is 24.5 Å². The van der Waals surface area contributed by atoms with Crippen molar-refractivity contribution in [3.63, 3.8) is 0 Å². The van der Waals surface area contributed by atoms with Crippen molar-refractivity contribution < 1.29 is 22.3 Å². The second-order valence-electron chi connectivity index (χ2n) is 10.7. The van der Waals surface area contributed by atoms with Gasteiger partial charge in [0.05, 0.1) is 0 Å². The molecule has 6 heteroatoms. The van der Waals surface area contributed by atoms with Crippen molar-refractivity contribution in [1.82, 2.24) is 0 Å². The van der Waals surface area contributed by atoms with Crippen LogP contribution in [-0.4, -0.2) is 8.80 Å². The van der Waals surface area contributed by atoms with E-state index in [2.05, 4.69) is 11.7 Å². The number of aryl methyl sites for hydroxylation is 1. The summed E-state index contributed by atoms with van der Waals surface area (Å²) in [7, 11) is -0.412. The van der Waals surface area contributed by atoms with E-state index in [1.807, 2.05) is 0 Å². The van der Waals surface area contributed by atoms with E-state index in [4.69, 9.17) is 0 Å². The van der Waals surface area contributed by atoms with Gasteiger partial charge in [-0.2, -0.15) is 8.78 Å². The van der Waals surface area contributed by atoms with Gasteiger partial charge < -0.3 is 4.74 Å². The Kier molecular flexibility index (Phi) is 11.5. The first-order valence-electron chi connectivity index (χ1n) is 13.6. The summed E-state index contributed by atoms with van der Waals surface area (Å²) in [5.74, 6) is 0.0778. The molecule has 1 saturated heterocycles. The first-order valence-corrected chi connectivity index (χ1v) is 16.1. The molecule has 0 amide bonds. The number of benzene rings is 1. The molecule has 1 saturated carbocycles. The summed E-state index contributed by atoms with van der Waals surface area (Å²) in [6.45, 7) is 2.30. The molecular formula is C28H42F4OSi. The van der Waals surface area contributed by atoms with E-state index in [0.29, 0.717) is 12.0 Å². The van der Waals surface area contributed by atoms with E-state index in [-0.39, 0.29) is 6.26 Å². The molecule has 1 aromatic rings. The molecular weight excluding hydrogens is 456 g/mol. The van der Waals surface area contributed by atoms with Gasteiger partial charge in [-0.05, 0) is 61.1 Å². The third kappa shape index (κ3) is 8.73. The van der Waals surface area contributed by atoms with Gasteiger partial charge in [-0.15, -0.1) is 0 Å². The minimum Gasteiger partial charge on any atom is -0.453 e. The van der Waals surface area contributed by atoms with Gasteiger partial charge in [0.1, 0.15) is 0 Å². The highest BCUT2D eigenvalue weighted by Crippen LogP contribution is 2.42. The van der Waals surface area contributed by atoms with E-state index in [9.17, 15) is 17.6 Å².